The second kappa shape index (κ2) is 11.5. The molecule has 0 atom stereocenters. The number of carbonyl (C=O) groups excluding carboxylic acids is 2. The number of aryl methyl sites for hydroxylation is 1. The maximum atomic E-state index is 13.8. The molecule has 0 bridgehead atoms. The molecule has 36 heavy (non-hydrogen) atoms. The normalized spacial score (nSPS) is 14.0. The van der Waals surface area contributed by atoms with E-state index in [1.54, 1.807) is 23.6 Å². The minimum absolute atomic E-state index is 0.000483. The lowest BCUT2D eigenvalue weighted by Gasteiger charge is -2.37. The van der Waals surface area contributed by atoms with E-state index >= 15 is 0 Å². The van der Waals surface area contributed by atoms with Gasteiger partial charge in [0.25, 0.3) is 11.5 Å². The quantitative estimate of drug-likeness (QED) is 0.412. The van der Waals surface area contributed by atoms with Crippen LogP contribution in [0.3, 0.4) is 0 Å². The number of carbonyl (C=O) groups is 2. The molecule has 1 amide bonds. The predicted molar refractivity (Wildman–Crippen MR) is 145 cm³/mol. The van der Waals surface area contributed by atoms with Crippen LogP contribution in [0.1, 0.15) is 33.4 Å². The fourth-order valence-corrected chi connectivity index (χ4v) is 5.45. The van der Waals surface area contributed by atoms with Crippen LogP contribution in [0.15, 0.2) is 40.5 Å². The summed E-state index contributed by atoms with van der Waals surface area (Å²) >= 11 is 7.82. The van der Waals surface area contributed by atoms with E-state index in [1.807, 2.05) is 47.5 Å². The van der Waals surface area contributed by atoms with Crippen molar-refractivity contribution in [2.24, 2.45) is 0 Å². The van der Waals surface area contributed by atoms with E-state index in [0.29, 0.717) is 48.3 Å². The summed E-state index contributed by atoms with van der Waals surface area (Å²) in [6, 6.07) is 9.09. The van der Waals surface area contributed by atoms with E-state index in [2.05, 4.69) is 4.90 Å². The van der Waals surface area contributed by atoms with Gasteiger partial charge in [0.1, 0.15) is 5.56 Å². The lowest BCUT2D eigenvalue weighted by molar-refractivity contribution is 0.0523. The molecule has 1 aromatic carbocycles. The fraction of sp³-hybridized carbons (Fsp3) is 0.423. The third kappa shape index (κ3) is 5.43. The van der Waals surface area contributed by atoms with E-state index in [4.69, 9.17) is 16.3 Å². The monoisotopic (exact) mass is 530 g/mol. The number of hydrogen-bond donors (Lipinski definition) is 0. The Morgan fingerprint density at radius 3 is 2.53 bits per heavy atom. The van der Waals surface area contributed by atoms with Crippen LogP contribution in [0.4, 0.5) is 5.69 Å². The zero-order chi connectivity index (χ0) is 25.8. The smallest absolute Gasteiger partial charge is 0.345 e. The number of hydrogen-bond acceptors (Lipinski definition) is 7. The van der Waals surface area contributed by atoms with Gasteiger partial charge in [0.2, 0.25) is 0 Å². The van der Waals surface area contributed by atoms with Crippen LogP contribution < -0.4 is 10.5 Å². The average Bonchev–Trinajstić information content (AvgIpc) is 3.39. The van der Waals surface area contributed by atoms with Gasteiger partial charge in [-0.15, -0.1) is 11.3 Å². The molecule has 1 saturated heterocycles. The molecular weight excluding hydrogens is 500 g/mol. The average molecular weight is 531 g/mol. The zero-order valence-corrected chi connectivity index (χ0v) is 22.4. The SMILES string of the molecule is CCOC(=O)c1c(N2CCN(C(=O)c3cccs3)CC2)c2cc(Cl)ccc2n(CCCN(C)C)c1=O. The molecule has 0 saturated carbocycles. The number of aromatic nitrogens is 1. The Kier molecular flexibility index (Phi) is 8.33. The second-order valence-electron chi connectivity index (χ2n) is 8.98. The number of pyridine rings is 1. The first-order chi connectivity index (χ1) is 17.3. The molecule has 8 nitrogen and oxygen atoms in total. The van der Waals surface area contributed by atoms with Crippen molar-refractivity contribution in [2.45, 2.75) is 19.9 Å². The first-order valence-electron chi connectivity index (χ1n) is 12.1. The van der Waals surface area contributed by atoms with E-state index in [-0.39, 0.29) is 23.6 Å². The van der Waals surface area contributed by atoms with Crippen molar-refractivity contribution in [3.8, 4) is 0 Å². The van der Waals surface area contributed by atoms with Gasteiger partial charge in [0.05, 0.1) is 22.7 Å². The van der Waals surface area contributed by atoms with E-state index in [1.165, 1.54) is 11.3 Å². The molecule has 0 N–H and O–H groups in total. The Morgan fingerprint density at radius 2 is 1.89 bits per heavy atom. The number of benzene rings is 1. The number of esters is 1. The molecule has 0 aliphatic carbocycles. The Balaban J connectivity index is 1.76. The minimum atomic E-state index is -0.641. The van der Waals surface area contributed by atoms with Crippen LogP contribution in [0.5, 0.6) is 0 Å². The summed E-state index contributed by atoms with van der Waals surface area (Å²) in [5, 5.41) is 3.13. The lowest BCUT2D eigenvalue weighted by atomic mass is 10.1. The van der Waals surface area contributed by atoms with Crippen LogP contribution in [0.2, 0.25) is 5.02 Å². The number of ether oxygens (including phenoxy) is 1. The number of piperazine rings is 1. The molecule has 2 aromatic heterocycles. The van der Waals surface area contributed by atoms with Gasteiger partial charge in [-0.05, 0) is 63.6 Å². The van der Waals surface area contributed by atoms with E-state index < -0.39 is 5.97 Å². The Labute approximate surface area is 219 Å². The summed E-state index contributed by atoms with van der Waals surface area (Å²) in [4.78, 5) is 46.3. The van der Waals surface area contributed by atoms with Gasteiger partial charge in [-0.1, -0.05) is 17.7 Å². The van der Waals surface area contributed by atoms with Gasteiger partial charge in [-0.3, -0.25) is 9.59 Å². The van der Waals surface area contributed by atoms with Gasteiger partial charge in [0.15, 0.2) is 0 Å². The third-order valence-corrected chi connectivity index (χ3v) is 7.37. The van der Waals surface area contributed by atoms with Gasteiger partial charge in [0, 0.05) is 43.1 Å². The molecule has 1 aliphatic rings. The summed E-state index contributed by atoms with van der Waals surface area (Å²) < 4.78 is 7.00. The van der Waals surface area contributed by atoms with Crippen molar-refractivity contribution in [1.29, 1.82) is 0 Å². The van der Waals surface area contributed by atoms with E-state index in [0.717, 1.165) is 23.9 Å². The summed E-state index contributed by atoms with van der Waals surface area (Å²) in [5.41, 5.74) is 0.912. The standard InChI is InChI=1S/C26H31ClN4O4S/c1-4-35-26(34)22-23(29-12-14-30(15-13-29)24(32)21-7-5-16-36-21)19-17-18(27)8-9-20(19)31(25(22)33)11-6-10-28(2)3/h5,7-9,16-17H,4,6,10-15H2,1-3H3. The maximum Gasteiger partial charge on any atom is 0.345 e. The van der Waals surface area contributed by atoms with Crippen molar-refractivity contribution in [3.63, 3.8) is 0 Å². The molecule has 3 aromatic rings. The van der Waals surface area contributed by atoms with Gasteiger partial charge in [-0.25, -0.2) is 4.79 Å². The van der Waals surface area contributed by atoms with Crippen LogP contribution in [0.25, 0.3) is 10.9 Å². The van der Waals surface area contributed by atoms with Crippen molar-refractivity contribution in [2.75, 3.05) is 58.3 Å². The summed E-state index contributed by atoms with van der Waals surface area (Å²) in [6.45, 7) is 5.07. The highest BCUT2D eigenvalue weighted by Crippen LogP contribution is 2.33. The van der Waals surface area contributed by atoms with Crippen molar-refractivity contribution in [1.82, 2.24) is 14.4 Å². The molecule has 3 heterocycles. The topological polar surface area (TPSA) is 75.1 Å². The number of fused-ring (bicyclic) bond motifs is 1. The second-order valence-corrected chi connectivity index (χ2v) is 10.4. The Hall–Kier alpha value is -2.88. The highest BCUT2D eigenvalue weighted by Gasteiger charge is 2.30. The number of nitrogens with zero attached hydrogens (tertiary/aromatic N) is 4. The highest BCUT2D eigenvalue weighted by atomic mass is 35.5. The van der Waals surface area contributed by atoms with Crippen LogP contribution in [-0.4, -0.2) is 79.7 Å². The summed E-state index contributed by atoms with van der Waals surface area (Å²) in [6.07, 6.45) is 0.746. The van der Waals surface area contributed by atoms with Crippen LogP contribution in [0, 0.1) is 0 Å². The number of rotatable bonds is 8. The summed E-state index contributed by atoms with van der Waals surface area (Å²) in [7, 11) is 3.97. The molecule has 1 fully saturated rings. The third-order valence-electron chi connectivity index (χ3n) is 6.28. The molecule has 1 aliphatic heterocycles. The van der Waals surface area contributed by atoms with Crippen LogP contribution >= 0.6 is 22.9 Å². The minimum Gasteiger partial charge on any atom is -0.462 e. The molecule has 10 heteroatoms. The van der Waals surface area contributed by atoms with Crippen LogP contribution in [-0.2, 0) is 11.3 Å². The molecular formula is C26H31ClN4O4S. The van der Waals surface area contributed by atoms with Gasteiger partial charge < -0.3 is 24.0 Å². The first-order valence-corrected chi connectivity index (χ1v) is 13.3. The highest BCUT2D eigenvalue weighted by molar-refractivity contribution is 7.12. The largest absolute Gasteiger partial charge is 0.462 e. The Bertz CT molecular complexity index is 1300. The van der Waals surface area contributed by atoms with Gasteiger partial charge >= 0.3 is 5.97 Å². The molecule has 0 radical (unpaired) electrons. The number of anilines is 1. The maximum absolute atomic E-state index is 13.8. The number of amides is 1. The molecule has 192 valence electrons. The lowest BCUT2D eigenvalue weighted by Crippen LogP contribution is -2.49. The molecule has 0 unspecified atom stereocenters. The van der Waals surface area contributed by atoms with Crippen molar-refractivity contribution >= 4 is 51.4 Å². The summed E-state index contributed by atoms with van der Waals surface area (Å²) in [5.74, 6) is -0.641. The Morgan fingerprint density at radius 1 is 1.14 bits per heavy atom. The zero-order valence-electron chi connectivity index (χ0n) is 20.8. The van der Waals surface area contributed by atoms with Crippen molar-refractivity contribution < 1.29 is 14.3 Å². The van der Waals surface area contributed by atoms with E-state index in [9.17, 15) is 14.4 Å². The molecule has 4 rings (SSSR count). The first kappa shape index (κ1) is 26.2. The number of thiophene rings is 1. The predicted octanol–water partition coefficient (Wildman–Crippen LogP) is 3.81. The van der Waals surface area contributed by atoms with Crippen molar-refractivity contribution in [3.05, 3.63) is 61.5 Å². The molecule has 0 spiro atoms. The fourth-order valence-electron chi connectivity index (χ4n) is 4.59. The van der Waals surface area contributed by atoms with Gasteiger partial charge in [-0.2, -0.15) is 0 Å². The number of halogens is 1.